The minimum absolute atomic E-state index is 0.295. The molecule has 1 saturated carbocycles. The first-order valence-corrected chi connectivity index (χ1v) is 7.68. The van der Waals surface area contributed by atoms with E-state index in [0.717, 1.165) is 18.4 Å². The molecule has 2 aliphatic rings. The molecule has 0 amide bonds. The van der Waals surface area contributed by atoms with Gasteiger partial charge < -0.3 is 10.6 Å². The number of nitrogens with zero attached hydrogens (tertiary/aromatic N) is 2. The molecule has 3 heteroatoms. The topological polar surface area (TPSA) is 32.5 Å². The van der Waals surface area contributed by atoms with E-state index in [-0.39, 0.29) is 0 Å². The monoisotopic (exact) mass is 253 g/mol. The predicted molar refractivity (Wildman–Crippen MR) is 77.7 cm³/mol. The molecular formula is C15H31N3. The van der Waals surface area contributed by atoms with Gasteiger partial charge in [0.05, 0.1) is 0 Å². The number of rotatable bonds is 4. The van der Waals surface area contributed by atoms with Crippen molar-refractivity contribution in [1.82, 2.24) is 9.80 Å². The number of likely N-dealkylation sites (tertiary alicyclic amines) is 1. The maximum atomic E-state index is 6.14. The molecule has 2 atom stereocenters. The Morgan fingerprint density at radius 3 is 2.44 bits per heavy atom. The maximum Gasteiger partial charge on any atom is 0.0354 e. The van der Waals surface area contributed by atoms with Crippen molar-refractivity contribution in [1.29, 1.82) is 0 Å². The first-order chi connectivity index (χ1) is 8.58. The minimum Gasteiger partial charge on any atom is -0.329 e. The summed E-state index contributed by atoms with van der Waals surface area (Å²) < 4.78 is 0. The van der Waals surface area contributed by atoms with Crippen molar-refractivity contribution in [3.63, 3.8) is 0 Å². The second kappa shape index (κ2) is 5.89. The SMILES string of the molecule is CC1CCCC1(CN)N(C)CC1CCN(C)CC1. The first kappa shape index (κ1) is 14.3. The maximum absolute atomic E-state index is 6.14. The average molecular weight is 253 g/mol. The van der Waals surface area contributed by atoms with Crippen LogP contribution in [0.4, 0.5) is 0 Å². The van der Waals surface area contributed by atoms with Crippen LogP contribution in [-0.4, -0.2) is 55.6 Å². The molecule has 18 heavy (non-hydrogen) atoms. The molecule has 0 spiro atoms. The van der Waals surface area contributed by atoms with E-state index in [4.69, 9.17) is 5.73 Å². The van der Waals surface area contributed by atoms with Crippen LogP contribution < -0.4 is 5.73 Å². The predicted octanol–water partition coefficient (Wildman–Crippen LogP) is 1.78. The molecule has 2 N–H and O–H groups in total. The molecule has 2 unspecified atom stereocenters. The molecule has 106 valence electrons. The Labute approximate surface area is 113 Å². The van der Waals surface area contributed by atoms with Crippen LogP contribution in [0.15, 0.2) is 0 Å². The van der Waals surface area contributed by atoms with Crippen LogP contribution >= 0.6 is 0 Å². The second-order valence-electron chi connectivity index (χ2n) is 6.73. The van der Waals surface area contributed by atoms with Crippen molar-refractivity contribution in [2.75, 3.05) is 40.3 Å². The number of likely N-dealkylation sites (N-methyl/N-ethyl adjacent to an activating group) is 1. The Bertz CT molecular complexity index is 260. The van der Waals surface area contributed by atoms with Gasteiger partial charge in [0.15, 0.2) is 0 Å². The van der Waals surface area contributed by atoms with Crippen LogP contribution in [-0.2, 0) is 0 Å². The smallest absolute Gasteiger partial charge is 0.0354 e. The summed E-state index contributed by atoms with van der Waals surface area (Å²) in [4.78, 5) is 5.06. The fraction of sp³-hybridized carbons (Fsp3) is 1.00. The normalized spacial score (nSPS) is 35.5. The Kier molecular flexibility index (Phi) is 4.68. The Balaban J connectivity index is 1.92. The van der Waals surface area contributed by atoms with Gasteiger partial charge in [-0.15, -0.1) is 0 Å². The molecule has 0 aromatic heterocycles. The van der Waals surface area contributed by atoms with Crippen LogP contribution in [0.1, 0.15) is 39.0 Å². The summed E-state index contributed by atoms with van der Waals surface area (Å²) in [5, 5.41) is 0. The van der Waals surface area contributed by atoms with E-state index in [1.54, 1.807) is 0 Å². The van der Waals surface area contributed by atoms with E-state index in [2.05, 4.69) is 30.8 Å². The highest BCUT2D eigenvalue weighted by Crippen LogP contribution is 2.39. The van der Waals surface area contributed by atoms with Gasteiger partial charge >= 0.3 is 0 Å². The molecular weight excluding hydrogens is 222 g/mol. The van der Waals surface area contributed by atoms with E-state index in [1.165, 1.54) is 51.7 Å². The van der Waals surface area contributed by atoms with Gasteiger partial charge in [-0.1, -0.05) is 13.3 Å². The van der Waals surface area contributed by atoms with Crippen LogP contribution in [0.2, 0.25) is 0 Å². The summed E-state index contributed by atoms with van der Waals surface area (Å²) in [6, 6.07) is 0. The van der Waals surface area contributed by atoms with E-state index >= 15 is 0 Å². The van der Waals surface area contributed by atoms with Gasteiger partial charge in [0.25, 0.3) is 0 Å². The highest BCUT2D eigenvalue weighted by atomic mass is 15.2. The second-order valence-corrected chi connectivity index (χ2v) is 6.73. The van der Waals surface area contributed by atoms with Gasteiger partial charge in [-0.2, -0.15) is 0 Å². The lowest BCUT2D eigenvalue weighted by Gasteiger charge is -2.44. The molecule has 3 nitrogen and oxygen atoms in total. The molecule has 0 bridgehead atoms. The summed E-state index contributed by atoms with van der Waals surface area (Å²) in [5.41, 5.74) is 6.43. The number of hydrogen-bond acceptors (Lipinski definition) is 3. The summed E-state index contributed by atoms with van der Waals surface area (Å²) in [7, 11) is 4.55. The number of nitrogens with two attached hydrogens (primary N) is 1. The van der Waals surface area contributed by atoms with Gasteiger partial charge in [0, 0.05) is 18.6 Å². The molecule has 0 aromatic rings. The average Bonchev–Trinajstić information content (AvgIpc) is 2.74. The molecule has 1 heterocycles. The molecule has 0 radical (unpaired) electrons. The molecule has 1 aliphatic carbocycles. The number of hydrogen-bond donors (Lipinski definition) is 1. The van der Waals surface area contributed by atoms with E-state index < -0.39 is 0 Å². The lowest BCUT2D eigenvalue weighted by molar-refractivity contribution is 0.0610. The summed E-state index contributed by atoms with van der Waals surface area (Å²) in [6.45, 7) is 7.01. The quantitative estimate of drug-likeness (QED) is 0.829. The summed E-state index contributed by atoms with van der Waals surface area (Å²) in [6.07, 6.45) is 6.73. The molecule has 2 rings (SSSR count). The van der Waals surface area contributed by atoms with Gasteiger partial charge in [-0.05, 0) is 64.7 Å². The van der Waals surface area contributed by atoms with Crippen molar-refractivity contribution in [3.8, 4) is 0 Å². The van der Waals surface area contributed by atoms with E-state index in [0.29, 0.717) is 5.54 Å². The van der Waals surface area contributed by atoms with E-state index in [9.17, 15) is 0 Å². The Morgan fingerprint density at radius 2 is 1.94 bits per heavy atom. The Hall–Kier alpha value is -0.120. The molecule has 1 saturated heterocycles. The lowest BCUT2D eigenvalue weighted by Crippen LogP contribution is -2.55. The summed E-state index contributed by atoms with van der Waals surface area (Å²) >= 11 is 0. The third-order valence-electron chi connectivity index (χ3n) is 5.65. The van der Waals surface area contributed by atoms with Crippen LogP contribution in [0.25, 0.3) is 0 Å². The zero-order chi connectivity index (χ0) is 13.2. The Morgan fingerprint density at radius 1 is 1.28 bits per heavy atom. The largest absolute Gasteiger partial charge is 0.329 e. The van der Waals surface area contributed by atoms with E-state index in [1.807, 2.05) is 0 Å². The zero-order valence-electron chi connectivity index (χ0n) is 12.5. The van der Waals surface area contributed by atoms with Crippen molar-refractivity contribution in [2.24, 2.45) is 17.6 Å². The summed E-state index contributed by atoms with van der Waals surface area (Å²) in [5.74, 6) is 1.64. The van der Waals surface area contributed by atoms with Crippen LogP contribution in [0.3, 0.4) is 0 Å². The van der Waals surface area contributed by atoms with Crippen LogP contribution in [0, 0.1) is 11.8 Å². The first-order valence-electron chi connectivity index (χ1n) is 7.68. The highest BCUT2D eigenvalue weighted by Gasteiger charge is 2.42. The van der Waals surface area contributed by atoms with Crippen molar-refractivity contribution < 1.29 is 0 Å². The third-order valence-corrected chi connectivity index (χ3v) is 5.65. The number of piperidine rings is 1. The third kappa shape index (κ3) is 2.73. The lowest BCUT2D eigenvalue weighted by atomic mass is 9.85. The van der Waals surface area contributed by atoms with Crippen molar-refractivity contribution >= 4 is 0 Å². The molecule has 1 aliphatic heterocycles. The standard InChI is InChI=1S/C15H31N3/c1-13-5-4-8-15(13,12-16)18(3)11-14-6-9-17(2)10-7-14/h13-14H,4-12,16H2,1-3H3. The highest BCUT2D eigenvalue weighted by molar-refractivity contribution is 4.99. The van der Waals surface area contributed by atoms with Crippen LogP contribution in [0.5, 0.6) is 0 Å². The zero-order valence-corrected chi connectivity index (χ0v) is 12.5. The van der Waals surface area contributed by atoms with Gasteiger partial charge in [0.1, 0.15) is 0 Å². The van der Waals surface area contributed by atoms with Gasteiger partial charge in [-0.25, -0.2) is 0 Å². The van der Waals surface area contributed by atoms with Gasteiger partial charge in [-0.3, -0.25) is 4.90 Å². The van der Waals surface area contributed by atoms with Crippen molar-refractivity contribution in [3.05, 3.63) is 0 Å². The molecule has 2 fully saturated rings. The van der Waals surface area contributed by atoms with Gasteiger partial charge in [0.2, 0.25) is 0 Å². The van der Waals surface area contributed by atoms with Crippen molar-refractivity contribution in [2.45, 2.75) is 44.6 Å². The fourth-order valence-electron chi connectivity index (χ4n) is 4.07. The minimum atomic E-state index is 0.295. The fourth-order valence-corrected chi connectivity index (χ4v) is 4.07. The molecule has 0 aromatic carbocycles.